The van der Waals surface area contributed by atoms with E-state index in [1.807, 2.05) is 0 Å². The topological polar surface area (TPSA) is 66.8 Å². The lowest BCUT2D eigenvalue weighted by Gasteiger charge is -2.24. The van der Waals surface area contributed by atoms with Crippen molar-refractivity contribution in [2.75, 3.05) is 19.7 Å². The lowest BCUT2D eigenvalue weighted by Crippen LogP contribution is -2.37. The van der Waals surface area contributed by atoms with E-state index in [1.54, 1.807) is 11.8 Å². The molecular formula is C10H15NO4. The van der Waals surface area contributed by atoms with Crippen LogP contribution in [0.4, 0.5) is 4.79 Å². The van der Waals surface area contributed by atoms with E-state index in [0.29, 0.717) is 19.7 Å². The van der Waals surface area contributed by atoms with Gasteiger partial charge in [-0.2, -0.15) is 0 Å². The minimum absolute atomic E-state index is 0.153. The summed E-state index contributed by atoms with van der Waals surface area (Å²) >= 11 is 0. The van der Waals surface area contributed by atoms with E-state index < -0.39 is 5.97 Å². The highest BCUT2D eigenvalue weighted by Crippen LogP contribution is 2.51. The summed E-state index contributed by atoms with van der Waals surface area (Å²) in [6.45, 7) is 3.30. The summed E-state index contributed by atoms with van der Waals surface area (Å²) in [4.78, 5) is 23.8. The van der Waals surface area contributed by atoms with Crippen LogP contribution in [0.5, 0.6) is 0 Å². The second-order valence-corrected chi connectivity index (χ2v) is 4.13. The third-order valence-corrected chi connectivity index (χ3v) is 3.31. The number of fused-ring (bicyclic) bond motifs is 1. The molecule has 0 unspecified atom stereocenters. The number of carboxylic acid groups (broad SMARTS) is 1. The van der Waals surface area contributed by atoms with Gasteiger partial charge in [0.2, 0.25) is 0 Å². The zero-order valence-electron chi connectivity index (χ0n) is 8.68. The number of hydrogen-bond donors (Lipinski definition) is 1. The number of likely N-dealkylation sites (tertiary alicyclic amines) is 1. The lowest BCUT2D eigenvalue weighted by atomic mass is 10.1. The van der Waals surface area contributed by atoms with E-state index in [9.17, 15) is 9.59 Å². The summed E-state index contributed by atoms with van der Waals surface area (Å²) in [5, 5.41) is 8.88. The molecule has 0 aromatic rings. The van der Waals surface area contributed by atoms with Gasteiger partial charge in [0.25, 0.3) is 0 Å². The molecule has 1 heterocycles. The molecule has 84 valence electrons. The van der Waals surface area contributed by atoms with Gasteiger partial charge in [-0.15, -0.1) is 0 Å². The fourth-order valence-corrected chi connectivity index (χ4v) is 2.49. The Morgan fingerprint density at radius 2 is 2.20 bits per heavy atom. The van der Waals surface area contributed by atoms with Crippen LogP contribution in [0.25, 0.3) is 0 Å². The number of rotatable bonds is 2. The van der Waals surface area contributed by atoms with E-state index in [-0.39, 0.29) is 23.8 Å². The van der Waals surface area contributed by atoms with Crippen LogP contribution in [-0.4, -0.2) is 41.8 Å². The van der Waals surface area contributed by atoms with E-state index >= 15 is 0 Å². The molecule has 1 aliphatic heterocycles. The van der Waals surface area contributed by atoms with Crippen molar-refractivity contribution >= 4 is 12.1 Å². The average molecular weight is 213 g/mol. The zero-order chi connectivity index (χ0) is 11.0. The molecule has 5 nitrogen and oxygen atoms in total. The van der Waals surface area contributed by atoms with Gasteiger partial charge in [-0.25, -0.2) is 4.79 Å². The van der Waals surface area contributed by atoms with Crippen LogP contribution in [0, 0.1) is 17.8 Å². The molecule has 1 N–H and O–H groups in total. The molecular weight excluding hydrogens is 198 g/mol. The number of carbonyl (C=O) groups is 2. The standard InChI is InChI=1S/C10H15NO4/c1-2-15-10(14)11-4-3-6-7(5-11)8(6)9(12)13/h6-8H,2-5H2,1H3,(H,12,13)/t6-,7+,8+/m1/s1. The molecule has 0 aromatic carbocycles. The molecule has 1 saturated carbocycles. The molecule has 5 heteroatoms. The highest BCUT2D eigenvalue weighted by molar-refractivity contribution is 5.75. The maximum absolute atomic E-state index is 11.4. The monoisotopic (exact) mass is 213 g/mol. The summed E-state index contributed by atoms with van der Waals surface area (Å²) in [6.07, 6.45) is 0.479. The Morgan fingerprint density at radius 3 is 2.80 bits per heavy atom. The number of amides is 1. The van der Waals surface area contributed by atoms with Gasteiger partial charge in [0.15, 0.2) is 0 Å². The highest BCUT2D eigenvalue weighted by Gasteiger charge is 2.57. The van der Waals surface area contributed by atoms with Crippen molar-refractivity contribution in [2.24, 2.45) is 17.8 Å². The zero-order valence-corrected chi connectivity index (χ0v) is 8.68. The predicted molar refractivity (Wildman–Crippen MR) is 51.3 cm³/mol. The van der Waals surface area contributed by atoms with E-state index in [1.165, 1.54) is 0 Å². The van der Waals surface area contributed by atoms with Crippen molar-refractivity contribution in [1.29, 1.82) is 0 Å². The second kappa shape index (κ2) is 3.72. The van der Waals surface area contributed by atoms with Gasteiger partial charge in [-0.1, -0.05) is 0 Å². The van der Waals surface area contributed by atoms with Crippen LogP contribution in [0.2, 0.25) is 0 Å². The van der Waals surface area contributed by atoms with Crippen molar-refractivity contribution in [3.8, 4) is 0 Å². The van der Waals surface area contributed by atoms with Gasteiger partial charge >= 0.3 is 12.1 Å². The highest BCUT2D eigenvalue weighted by atomic mass is 16.6. The molecule has 0 radical (unpaired) electrons. The minimum atomic E-state index is -0.726. The Labute approximate surface area is 88.0 Å². The van der Waals surface area contributed by atoms with Crippen LogP contribution >= 0.6 is 0 Å². The Hall–Kier alpha value is -1.26. The van der Waals surface area contributed by atoms with Crippen molar-refractivity contribution in [1.82, 2.24) is 4.90 Å². The number of ether oxygens (including phenoxy) is 1. The predicted octanol–water partition coefficient (Wildman–Crippen LogP) is 0.795. The van der Waals surface area contributed by atoms with Crippen molar-refractivity contribution in [3.05, 3.63) is 0 Å². The number of carboxylic acids is 1. The number of carbonyl (C=O) groups excluding carboxylic acids is 1. The van der Waals surface area contributed by atoms with Crippen molar-refractivity contribution in [3.63, 3.8) is 0 Å². The number of aliphatic carboxylic acids is 1. The smallest absolute Gasteiger partial charge is 0.409 e. The molecule has 15 heavy (non-hydrogen) atoms. The minimum Gasteiger partial charge on any atom is -0.481 e. The van der Waals surface area contributed by atoms with E-state index in [2.05, 4.69) is 0 Å². The maximum atomic E-state index is 11.4. The van der Waals surface area contributed by atoms with Gasteiger partial charge < -0.3 is 14.7 Å². The Kier molecular flexibility index (Phi) is 2.54. The fraction of sp³-hybridized carbons (Fsp3) is 0.800. The van der Waals surface area contributed by atoms with Crippen LogP contribution in [-0.2, 0) is 9.53 Å². The first-order chi connectivity index (χ1) is 7.15. The van der Waals surface area contributed by atoms with Gasteiger partial charge in [0.1, 0.15) is 0 Å². The number of nitrogens with zero attached hydrogens (tertiary/aromatic N) is 1. The van der Waals surface area contributed by atoms with Gasteiger partial charge in [0.05, 0.1) is 12.5 Å². The first-order valence-corrected chi connectivity index (χ1v) is 5.29. The molecule has 2 rings (SSSR count). The Balaban J connectivity index is 1.89. The van der Waals surface area contributed by atoms with Gasteiger partial charge in [0, 0.05) is 13.1 Å². The summed E-state index contributed by atoms with van der Waals surface area (Å²) in [5.74, 6) is -0.519. The molecule has 2 aliphatic rings. The van der Waals surface area contributed by atoms with Gasteiger partial charge in [-0.05, 0) is 25.2 Å². The molecule has 0 spiro atoms. The SMILES string of the molecule is CCOC(=O)N1CC[C@@H]2[C@H](C1)[C@H]2C(=O)O. The van der Waals surface area contributed by atoms with E-state index in [0.717, 1.165) is 6.42 Å². The first-order valence-electron chi connectivity index (χ1n) is 5.29. The van der Waals surface area contributed by atoms with Gasteiger partial charge in [-0.3, -0.25) is 4.79 Å². The average Bonchev–Trinajstić information content (AvgIpc) is 2.90. The quantitative estimate of drug-likeness (QED) is 0.736. The molecule has 2 fully saturated rings. The normalized spacial score (nSPS) is 33.1. The molecule has 3 atom stereocenters. The summed E-state index contributed by atoms with van der Waals surface area (Å²) in [6, 6.07) is 0. The van der Waals surface area contributed by atoms with Crippen LogP contribution in [0.1, 0.15) is 13.3 Å². The van der Waals surface area contributed by atoms with Crippen molar-refractivity contribution < 1.29 is 19.4 Å². The lowest BCUT2D eigenvalue weighted by molar-refractivity contribution is -0.139. The Bertz CT molecular complexity index is 291. The fourth-order valence-electron chi connectivity index (χ4n) is 2.49. The first kappa shape index (κ1) is 10.3. The molecule has 0 aromatic heterocycles. The third kappa shape index (κ3) is 1.78. The van der Waals surface area contributed by atoms with Crippen LogP contribution < -0.4 is 0 Å². The molecule has 1 saturated heterocycles. The molecule has 1 aliphatic carbocycles. The summed E-state index contributed by atoms with van der Waals surface area (Å²) in [7, 11) is 0. The largest absolute Gasteiger partial charge is 0.481 e. The van der Waals surface area contributed by atoms with Crippen molar-refractivity contribution in [2.45, 2.75) is 13.3 Å². The van der Waals surface area contributed by atoms with E-state index in [4.69, 9.17) is 9.84 Å². The molecule has 0 bridgehead atoms. The molecule has 1 amide bonds. The number of piperidine rings is 1. The number of hydrogen-bond acceptors (Lipinski definition) is 3. The van der Waals surface area contributed by atoms with Crippen LogP contribution in [0.3, 0.4) is 0 Å². The maximum Gasteiger partial charge on any atom is 0.409 e. The third-order valence-electron chi connectivity index (χ3n) is 3.31. The second-order valence-electron chi connectivity index (χ2n) is 4.13. The Morgan fingerprint density at radius 1 is 1.47 bits per heavy atom. The summed E-state index contributed by atoms with van der Waals surface area (Å²) in [5.41, 5.74) is 0. The van der Waals surface area contributed by atoms with Crippen LogP contribution in [0.15, 0.2) is 0 Å². The summed E-state index contributed by atoms with van der Waals surface area (Å²) < 4.78 is 4.88.